The number of aryl methyl sites for hydroxylation is 2. The largest absolute Gasteiger partial charge is 0.299 e. The molecule has 0 aliphatic heterocycles. The van der Waals surface area contributed by atoms with E-state index in [-0.39, 0.29) is 11.7 Å². The molecular weight excluding hydrogens is 402 g/mol. The summed E-state index contributed by atoms with van der Waals surface area (Å²) >= 11 is 1.56. The molecule has 0 saturated carbocycles. The monoisotopic (exact) mass is 425 g/mol. The van der Waals surface area contributed by atoms with Crippen LogP contribution >= 0.6 is 11.3 Å². The molecule has 1 unspecified atom stereocenters. The summed E-state index contributed by atoms with van der Waals surface area (Å²) in [7, 11) is 0. The lowest BCUT2D eigenvalue weighted by Gasteiger charge is -2.10. The summed E-state index contributed by atoms with van der Waals surface area (Å²) in [5.41, 5.74) is 4.55. The SMILES string of the molecule is CC(=O)C(c1cccnc1)c1csc(C)n1.Cc1cccc(C#Cc2ccccc2)n1. The van der Waals surface area contributed by atoms with Crippen LogP contribution in [0.3, 0.4) is 0 Å². The summed E-state index contributed by atoms with van der Waals surface area (Å²) < 4.78 is 0. The van der Waals surface area contributed by atoms with Gasteiger partial charge in [0.25, 0.3) is 0 Å². The standard InChI is InChI=1S/C14H11N.C12H12N2OS/c1-12-6-5-9-14(15-12)11-10-13-7-3-2-4-8-13;1-8(15)12(10-4-3-5-13-6-10)11-7-16-9(2)14-11/h2-9H,1H3;3-7,12H,1-2H3. The number of hydrogen-bond acceptors (Lipinski definition) is 5. The van der Waals surface area contributed by atoms with Gasteiger partial charge in [-0.15, -0.1) is 11.3 Å². The fourth-order valence-electron chi connectivity index (χ4n) is 2.94. The lowest BCUT2D eigenvalue weighted by atomic mass is 9.94. The van der Waals surface area contributed by atoms with Crippen molar-refractivity contribution in [2.24, 2.45) is 0 Å². The third-order valence-corrected chi connectivity index (χ3v) is 5.15. The smallest absolute Gasteiger partial charge is 0.143 e. The minimum atomic E-state index is -0.279. The van der Waals surface area contributed by atoms with Crippen molar-refractivity contribution < 1.29 is 4.79 Å². The van der Waals surface area contributed by atoms with Crippen LogP contribution in [-0.2, 0) is 4.79 Å². The zero-order chi connectivity index (χ0) is 22.1. The second-order valence-corrected chi connectivity index (χ2v) is 7.96. The maximum absolute atomic E-state index is 11.7. The number of rotatable bonds is 3. The van der Waals surface area contributed by atoms with Crippen molar-refractivity contribution in [1.82, 2.24) is 15.0 Å². The highest BCUT2D eigenvalue weighted by molar-refractivity contribution is 7.09. The quantitative estimate of drug-likeness (QED) is 0.415. The van der Waals surface area contributed by atoms with E-state index in [0.717, 1.165) is 33.2 Å². The second-order valence-electron chi connectivity index (χ2n) is 6.90. The van der Waals surface area contributed by atoms with Crippen molar-refractivity contribution >= 4 is 17.1 Å². The van der Waals surface area contributed by atoms with Crippen LogP contribution in [0.15, 0.2) is 78.4 Å². The van der Waals surface area contributed by atoms with E-state index in [0.29, 0.717) is 0 Å². The predicted molar refractivity (Wildman–Crippen MR) is 125 cm³/mol. The van der Waals surface area contributed by atoms with E-state index in [1.807, 2.05) is 79.9 Å². The van der Waals surface area contributed by atoms with Gasteiger partial charge in [-0.1, -0.05) is 36.3 Å². The van der Waals surface area contributed by atoms with Crippen LogP contribution in [0, 0.1) is 25.7 Å². The molecule has 0 spiro atoms. The molecule has 4 nitrogen and oxygen atoms in total. The van der Waals surface area contributed by atoms with Crippen molar-refractivity contribution in [2.45, 2.75) is 26.7 Å². The minimum absolute atomic E-state index is 0.0956. The molecule has 0 saturated heterocycles. The lowest BCUT2D eigenvalue weighted by Crippen LogP contribution is -2.11. The Balaban J connectivity index is 0.000000176. The first-order valence-electron chi connectivity index (χ1n) is 9.86. The topological polar surface area (TPSA) is 55.7 Å². The predicted octanol–water partition coefficient (Wildman–Crippen LogP) is 5.36. The summed E-state index contributed by atoms with van der Waals surface area (Å²) in [6.07, 6.45) is 3.42. The summed E-state index contributed by atoms with van der Waals surface area (Å²) in [6, 6.07) is 19.5. The van der Waals surface area contributed by atoms with E-state index >= 15 is 0 Å². The third-order valence-electron chi connectivity index (χ3n) is 4.35. The zero-order valence-electron chi connectivity index (χ0n) is 17.7. The molecular formula is C26H23N3OS. The van der Waals surface area contributed by atoms with Crippen LogP contribution in [0.4, 0.5) is 0 Å². The van der Waals surface area contributed by atoms with E-state index in [2.05, 4.69) is 26.8 Å². The Labute approximate surface area is 187 Å². The molecule has 31 heavy (non-hydrogen) atoms. The molecule has 1 aromatic carbocycles. The first-order chi connectivity index (χ1) is 15.0. The van der Waals surface area contributed by atoms with Crippen LogP contribution in [-0.4, -0.2) is 20.7 Å². The van der Waals surface area contributed by atoms with Gasteiger partial charge in [0.05, 0.1) is 16.6 Å². The van der Waals surface area contributed by atoms with Crippen LogP contribution in [0.25, 0.3) is 0 Å². The number of pyridine rings is 2. The highest BCUT2D eigenvalue weighted by Crippen LogP contribution is 2.26. The summed E-state index contributed by atoms with van der Waals surface area (Å²) in [5, 5.41) is 2.92. The molecule has 0 radical (unpaired) electrons. The van der Waals surface area contributed by atoms with Gasteiger partial charge in [-0.25, -0.2) is 9.97 Å². The molecule has 0 amide bonds. The molecule has 4 rings (SSSR count). The van der Waals surface area contributed by atoms with Gasteiger partial charge >= 0.3 is 0 Å². The second kappa shape index (κ2) is 11.0. The highest BCUT2D eigenvalue weighted by atomic mass is 32.1. The summed E-state index contributed by atoms with van der Waals surface area (Å²) in [5.74, 6) is 5.93. The number of thiazole rings is 1. The number of nitrogens with zero attached hydrogens (tertiary/aromatic N) is 3. The van der Waals surface area contributed by atoms with Gasteiger partial charge in [0.1, 0.15) is 11.5 Å². The van der Waals surface area contributed by atoms with Gasteiger partial charge in [0.2, 0.25) is 0 Å². The Morgan fingerprint density at radius 2 is 1.74 bits per heavy atom. The number of benzene rings is 1. The number of ketones is 1. The van der Waals surface area contributed by atoms with Crippen LogP contribution in [0.1, 0.15) is 46.1 Å². The van der Waals surface area contributed by atoms with Gasteiger partial charge in [0, 0.05) is 29.0 Å². The van der Waals surface area contributed by atoms with Crippen molar-refractivity contribution in [2.75, 3.05) is 0 Å². The fraction of sp³-hybridized carbons (Fsp3) is 0.154. The van der Waals surface area contributed by atoms with Crippen LogP contribution in [0.2, 0.25) is 0 Å². The van der Waals surface area contributed by atoms with E-state index in [1.54, 1.807) is 30.7 Å². The molecule has 0 aliphatic carbocycles. The summed E-state index contributed by atoms with van der Waals surface area (Å²) in [6.45, 7) is 5.49. The Kier molecular flexibility index (Phi) is 7.80. The molecule has 4 aromatic rings. The number of aromatic nitrogens is 3. The van der Waals surface area contributed by atoms with Crippen LogP contribution < -0.4 is 0 Å². The van der Waals surface area contributed by atoms with E-state index in [4.69, 9.17) is 0 Å². The molecule has 3 heterocycles. The fourth-order valence-corrected chi connectivity index (χ4v) is 3.58. The van der Waals surface area contributed by atoms with Crippen molar-refractivity contribution in [1.29, 1.82) is 0 Å². The van der Waals surface area contributed by atoms with Gasteiger partial charge in [-0.3, -0.25) is 9.78 Å². The van der Waals surface area contributed by atoms with Gasteiger partial charge in [-0.2, -0.15) is 0 Å². The number of carbonyl (C=O) groups is 1. The normalized spacial score (nSPS) is 10.8. The molecule has 154 valence electrons. The van der Waals surface area contributed by atoms with E-state index < -0.39 is 0 Å². The molecule has 1 atom stereocenters. The van der Waals surface area contributed by atoms with Crippen molar-refractivity contribution in [3.8, 4) is 11.8 Å². The number of carbonyl (C=O) groups excluding carboxylic acids is 1. The molecule has 0 fully saturated rings. The van der Waals surface area contributed by atoms with E-state index in [1.165, 1.54) is 0 Å². The van der Waals surface area contributed by atoms with E-state index in [9.17, 15) is 4.79 Å². The maximum Gasteiger partial charge on any atom is 0.143 e. The molecule has 0 aliphatic rings. The lowest BCUT2D eigenvalue weighted by molar-refractivity contribution is -0.117. The molecule has 0 N–H and O–H groups in total. The van der Waals surface area contributed by atoms with Gasteiger partial charge in [-0.05, 0) is 62.6 Å². The summed E-state index contributed by atoms with van der Waals surface area (Å²) in [4.78, 5) is 24.4. The molecule has 3 aromatic heterocycles. The molecule has 5 heteroatoms. The van der Waals surface area contributed by atoms with Crippen molar-refractivity contribution in [3.05, 3.63) is 112 Å². The number of Topliss-reactive ketones (excluding diaryl/α,β-unsaturated/α-hetero) is 1. The Morgan fingerprint density at radius 1 is 0.935 bits per heavy atom. The molecule has 0 bridgehead atoms. The van der Waals surface area contributed by atoms with Crippen molar-refractivity contribution in [3.63, 3.8) is 0 Å². The van der Waals surface area contributed by atoms with Gasteiger partial charge < -0.3 is 0 Å². The Bertz CT molecular complexity index is 1190. The number of hydrogen-bond donors (Lipinski definition) is 0. The first kappa shape index (κ1) is 22.1. The first-order valence-corrected chi connectivity index (χ1v) is 10.7. The average Bonchev–Trinajstić information content (AvgIpc) is 3.20. The Hall–Kier alpha value is -3.62. The third kappa shape index (κ3) is 6.70. The Morgan fingerprint density at radius 3 is 2.35 bits per heavy atom. The van der Waals surface area contributed by atoms with Gasteiger partial charge in [0.15, 0.2) is 0 Å². The minimum Gasteiger partial charge on any atom is -0.299 e. The zero-order valence-corrected chi connectivity index (χ0v) is 18.6. The highest BCUT2D eigenvalue weighted by Gasteiger charge is 2.21. The van der Waals surface area contributed by atoms with Crippen LogP contribution in [0.5, 0.6) is 0 Å². The maximum atomic E-state index is 11.7. The average molecular weight is 426 g/mol.